The van der Waals surface area contributed by atoms with Gasteiger partial charge >= 0.3 is 0 Å². The number of nitrogens with one attached hydrogen (secondary N) is 2. The second-order valence-electron chi connectivity index (χ2n) is 19.1. The van der Waals surface area contributed by atoms with Gasteiger partial charge in [-0.15, -0.1) is 0 Å². The molecule has 4 aliphatic heterocycles. The standard InChI is InChI=1S/2C26H32N4O3/c2*1-2-5-18-8-9-21-24-23(25(32)28-19-6-3-4-7-19)20(16-31)22(15-30(21)26(18)33)29(24)14-17-10-12-27-13-11-17/h2*2,5,8-13,19-20,22-24,31H,3-4,6-7,14-16H2,1H3,(H,28,32)/b5-2+;5-2-/t2*20-,22-,23+,24+/m11/s1. The molecule has 8 heterocycles. The van der Waals surface area contributed by atoms with E-state index in [-0.39, 0.29) is 84.2 Å². The first-order chi connectivity index (χ1) is 32.2. The fourth-order valence-electron chi connectivity index (χ4n) is 12.3. The third kappa shape index (κ3) is 8.76. The summed E-state index contributed by atoms with van der Waals surface area (Å²) in [7, 11) is 0. The van der Waals surface area contributed by atoms with Gasteiger partial charge in [0.15, 0.2) is 0 Å². The van der Waals surface area contributed by atoms with Crippen molar-refractivity contribution in [3.63, 3.8) is 0 Å². The zero-order chi connectivity index (χ0) is 45.9. The highest BCUT2D eigenvalue weighted by Crippen LogP contribution is 2.50. The van der Waals surface area contributed by atoms with Gasteiger partial charge in [0, 0.05) is 123 Å². The molecule has 2 aliphatic carbocycles. The van der Waals surface area contributed by atoms with E-state index in [0.29, 0.717) is 37.3 Å². The Morgan fingerprint density at radius 2 is 0.985 bits per heavy atom. The van der Waals surface area contributed by atoms with Crippen LogP contribution in [-0.2, 0) is 35.8 Å². The molecule has 14 heteroatoms. The van der Waals surface area contributed by atoms with Gasteiger partial charge < -0.3 is 30.0 Å². The maximum absolute atomic E-state index is 13.6. The first-order valence-electron chi connectivity index (χ1n) is 24.1. The molecule has 4 N–H and O–H groups in total. The van der Waals surface area contributed by atoms with E-state index in [0.717, 1.165) is 73.9 Å². The van der Waals surface area contributed by atoms with Gasteiger partial charge in [0.05, 0.1) is 23.9 Å². The molecule has 4 aromatic heterocycles. The van der Waals surface area contributed by atoms with Crippen LogP contribution in [0.15, 0.2) is 95.1 Å². The first-order valence-corrected chi connectivity index (χ1v) is 24.1. The summed E-state index contributed by atoms with van der Waals surface area (Å²) in [5, 5.41) is 27.4. The Kier molecular flexibility index (Phi) is 13.9. The van der Waals surface area contributed by atoms with Gasteiger partial charge in [-0.3, -0.25) is 38.9 Å². The largest absolute Gasteiger partial charge is 0.396 e. The minimum Gasteiger partial charge on any atom is -0.396 e. The Balaban J connectivity index is 0.000000166. The molecule has 4 bridgehead atoms. The fraction of sp³-hybridized carbons (Fsp3) is 0.500. The molecule has 4 aromatic rings. The van der Waals surface area contributed by atoms with Gasteiger partial charge in [0.2, 0.25) is 11.8 Å². The zero-order valence-electron chi connectivity index (χ0n) is 38.1. The van der Waals surface area contributed by atoms with Crippen molar-refractivity contribution in [3.8, 4) is 0 Å². The predicted molar refractivity (Wildman–Crippen MR) is 252 cm³/mol. The molecule has 2 saturated heterocycles. The lowest BCUT2D eigenvalue weighted by atomic mass is 9.86. The molecule has 8 atom stereocenters. The number of aliphatic hydroxyl groups is 2. The molecule has 0 unspecified atom stereocenters. The van der Waals surface area contributed by atoms with E-state index in [1.165, 1.54) is 0 Å². The maximum atomic E-state index is 13.6. The van der Waals surface area contributed by atoms with Crippen molar-refractivity contribution < 1.29 is 19.8 Å². The Hall–Kier alpha value is -5.54. The Morgan fingerprint density at radius 1 is 0.606 bits per heavy atom. The summed E-state index contributed by atoms with van der Waals surface area (Å²) in [5.74, 6) is -1.25. The highest BCUT2D eigenvalue weighted by atomic mass is 16.3. The average Bonchev–Trinajstić information content (AvgIpc) is 4.12. The van der Waals surface area contributed by atoms with Crippen LogP contribution in [0.3, 0.4) is 0 Å². The van der Waals surface area contributed by atoms with Crippen LogP contribution in [-0.4, -0.2) is 88.3 Å². The number of allylic oxidation sites excluding steroid dienone is 2. The highest BCUT2D eigenvalue weighted by Gasteiger charge is 2.57. The molecule has 0 radical (unpaired) electrons. The van der Waals surface area contributed by atoms with Crippen LogP contribution in [0.5, 0.6) is 0 Å². The molecular formula is C52H64N8O6. The summed E-state index contributed by atoms with van der Waals surface area (Å²) >= 11 is 0. The second kappa shape index (κ2) is 20.1. The van der Waals surface area contributed by atoms with E-state index in [4.69, 9.17) is 0 Å². The fourth-order valence-corrected chi connectivity index (χ4v) is 12.3. The van der Waals surface area contributed by atoms with Gasteiger partial charge in [-0.25, -0.2) is 0 Å². The Morgan fingerprint density at radius 3 is 1.33 bits per heavy atom. The Labute approximate surface area is 386 Å². The first kappa shape index (κ1) is 45.6. The van der Waals surface area contributed by atoms with Gasteiger partial charge in [0.25, 0.3) is 11.1 Å². The summed E-state index contributed by atoms with van der Waals surface area (Å²) in [5.41, 5.74) is 5.17. The van der Waals surface area contributed by atoms with Crippen LogP contribution in [0.25, 0.3) is 12.2 Å². The van der Waals surface area contributed by atoms with Crippen molar-refractivity contribution in [2.24, 2.45) is 23.7 Å². The smallest absolute Gasteiger partial charge is 0.258 e. The molecule has 348 valence electrons. The van der Waals surface area contributed by atoms with E-state index in [1.54, 1.807) is 24.8 Å². The number of nitrogens with zero attached hydrogens (tertiary/aromatic N) is 6. The third-order valence-electron chi connectivity index (χ3n) is 15.3. The molecule has 4 fully saturated rings. The summed E-state index contributed by atoms with van der Waals surface area (Å²) in [6.45, 7) is 5.87. The molecule has 2 amide bonds. The van der Waals surface area contributed by atoms with E-state index in [9.17, 15) is 29.4 Å². The molecule has 2 saturated carbocycles. The lowest BCUT2D eigenvalue weighted by Gasteiger charge is -2.38. The van der Waals surface area contributed by atoms with Crippen molar-refractivity contribution in [2.75, 3.05) is 13.2 Å². The van der Waals surface area contributed by atoms with Crippen molar-refractivity contribution in [1.82, 2.24) is 39.5 Å². The second-order valence-corrected chi connectivity index (χ2v) is 19.1. The number of amides is 2. The van der Waals surface area contributed by atoms with Gasteiger partial charge in [-0.1, -0.05) is 50.0 Å². The molecule has 6 aliphatic rings. The molecule has 0 aromatic carbocycles. The number of carbonyl (C=O) groups is 2. The molecule has 14 nitrogen and oxygen atoms in total. The minimum atomic E-state index is -0.400. The SMILES string of the molecule is C/C=C/c1ccc2n(c1=O)C[C@@H]1[C@@H](CO)[C@H](C(=O)NC3CCCC3)[C@H]2N1Cc1ccncc1.C/C=C\c1ccc2n(c1=O)C[C@@H]1[C@@H](CO)[C@H](C(=O)NC3CCCC3)[C@H]2N1Cc1ccncc1. The summed E-state index contributed by atoms with van der Waals surface area (Å²) < 4.78 is 3.67. The number of pyridine rings is 4. The lowest BCUT2D eigenvalue weighted by Crippen LogP contribution is -2.46. The average molecular weight is 897 g/mol. The van der Waals surface area contributed by atoms with Crippen LogP contribution >= 0.6 is 0 Å². The van der Waals surface area contributed by atoms with Crippen LogP contribution in [0.4, 0.5) is 0 Å². The Bertz CT molecular complexity index is 2360. The van der Waals surface area contributed by atoms with Crippen LogP contribution in [0.1, 0.15) is 111 Å². The van der Waals surface area contributed by atoms with Crippen molar-refractivity contribution >= 4 is 24.0 Å². The van der Waals surface area contributed by atoms with Crippen LogP contribution in [0, 0.1) is 23.7 Å². The molecule has 10 rings (SSSR count). The van der Waals surface area contributed by atoms with Gasteiger partial charge in [0.1, 0.15) is 0 Å². The lowest BCUT2D eigenvalue weighted by molar-refractivity contribution is -0.129. The number of aromatic nitrogens is 4. The quantitative estimate of drug-likeness (QED) is 0.152. The van der Waals surface area contributed by atoms with Crippen LogP contribution in [0.2, 0.25) is 0 Å². The monoisotopic (exact) mass is 896 g/mol. The van der Waals surface area contributed by atoms with Crippen molar-refractivity contribution in [3.05, 3.63) is 140 Å². The van der Waals surface area contributed by atoms with Crippen LogP contribution < -0.4 is 21.8 Å². The number of hydrogen-bond donors (Lipinski definition) is 4. The third-order valence-corrected chi connectivity index (χ3v) is 15.3. The summed E-state index contributed by atoms with van der Waals surface area (Å²) in [4.78, 5) is 66.6. The van der Waals surface area contributed by atoms with Gasteiger partial charge in [-0.2, -0.15) is 0 Å². The number of rotatable bonds is 12. The van der Waals surface area contributed by atoms with Gasteiger partial charge in [-0.05, 0) is 99.2 Å². The topological polar surface area (TPSA) is 175 Å². The molecule has 66 heavy (non-hydrogen) atoms. The number of aliphatic hydroxyl groups excluding tert-OH is 2. The zero-order valence-corrected chi connectivity index (χ0v) is 38.1. The van der Waals surface area contributed by atoms with Crippen molar-refractivity contribution in [1.29, 1.82) is 0 Å². The van der Waals surface area contributed by atoms with E-state index < -0.39 is 11.8 Å². The minimum absolute atomic E-state index is 0.00612. The van der Waals surface area contributed by atoms with Crippen molar-refractivity contribution in [2.45, 2.75) is 128 Å². The summed E-state index contributed by atoms with van der Waals surface area (Å²) in [6, 6.07) is 15.3. The maximum Gasteiger partial charge on any atom is 0.258 e. The summed E-state index contributed by atoms with van der Waals surface area (Å²) in [6.07, 6.45) is 23.1. The normalized spacial score (nSPS) is 27.2. The predicted octanol–water partition coefficient (Wildman–Crippen LogP) is 5.00. The van der Waals surface area contributed by atoms with E-state index in [1.807, 2.05) is 95.8 Å². The number of hydrogen-bond acceptors (Lipinski definition) is 10. The van der Waals surface area contributed by atoms with E-state index >= 15 is 0 Å². The molecular weight excluding hydrogens is 833 g/mol. The highest BCUT2D eigenvalue weighted by molar-refractivity contribution is 5.82. The molecule has 0 spiro atoms. The van der Waals surface area contributed by atoms with E-state index in [2.05, 4.69) is 30.4 Å². The number of fused-ring (bicyclic) bond motifs is 8. The number of carbonyl (C=O) groups excluding carboxylic acids is 2.